The SMILES string of the molecule is Cl.c1cncc(Cn2cc(CN3CCC(N4CCNCC4)C3)nn2)c1. The third-order valence-electron chi connectivity index (χ3n) is 4.95. The zero-order valence-electron chi connectivity index (χ0n) is 14.4. The number of pyridine rings is 1. The van der Waals surface area contributed by atoms with Gasteiger partial charge >= 0.3 is 0 Å². The maximum absolute atomic E-state index is 4.34. The molecule has 0 radical (unpaired) electrons. The lowest BCUT2D eigenvalue weighted by molar-refractivity contribution is 0.170. The largest absolute Gasteiger partial charge is 0.314 e. The highest BCUT2D eigenvalue weighted by Crippen LogP contribution is 2.18. The topological polar surface area (TPSA) is 62.1 Å². The first kappa shape index (κ1) is 18.3. The molecule has 0 spiro atoms. The van der Waals surface area contributed by atoms with Crippen molar-refractivity contribution in [1.82, 2.24) is 35.1 Å². The second-order valence-electron chi connectivity index (χ2n) is 6.73. The summed E-state index contributed by atoms with van der Waals surface area (Å²) in [6, 6.07) is 4.72. The van der Waals surface area contributed by atoms with Crippen molar-refractivity contribution in [1.29, 1.82) is 0 Å². The van der Waals surface area contributed by atoms with E-state index >= 15 is 0 Å². The molecular formula is C17H26ClN7. The minimum absolute atomic E-state index is 0. The fourth-order valence-corrected chi connectivity index (χ4v) is 3.70. The van der Waals surface area contributed by atoms with Gasteiger partial charge in [0.15, 0.2) is 0 Å². The van der Waals surface area contributed by atoms with Gasteiger partial charge in [0, 0.05) is 64.2 Å². The average Bonchev–Trinajstić information content (AvgIpc) is 3.27. The zero-order valence-corrected chi connectivity index (χ0v) is 15.2. The number of aromatic nitrogens is 4. The first-order chi connectivity index (χ1) is 11.9. The van der Waals surface area contributed by atoms with Gasteiger partial charge in [-0.05, 0) is 18.1 Å². The number of nitrogens with one attached hydrogen (secondary N) is 1. The van der Waals surface area contributed by atoms with E-state index in [9.17, 15) is 0 Å². The maximum Gasteiger partial charge on any atom is 0.0967 e. The van der Waals surface area contributed by atoms with E-state index in [0.717, 1.165) is 50.5 Å². The lowest BCUT2D eigenvalue weighted by Gasteiger charge is -2.32. The first-order valence-electron chi connectivity index (χ1n) is 8.82. The summed E-state index contributed by atoms with van der Waals surface area (Å²) < 4.78 is 1.90. The molecule has 25 heavy (non-hydrogen) atoms. The molecule has 1 atom stereocenters. The molecule has 1 N–H and O–H groups in total. The van der Waals surface area contributed by atoms with Gasteiger partial charge in [0.1, 0.15) is 0 Å². The lowest BCUT2D eigenvalue weighted by Crippen LogP contribution is -2.49. The zero-order chi connectivity index (χ0) is 16.2. The second kappa shape index (κ2) is 8.71. The van der Waals surface area contributed by atoms with Crippen LogP contribution >= 0.6 is 12.4 Å². The van der Waals surface area contributed by atoms with Gasteiger partial charge in [-0.15, -0.1) is 17.5 Å². The van der Waals surface area contributed by atoms with Gasteiger partial charge in [-0.25, -0.2) is 4.68 Å². The summed E-state index contributed by atoms with van der Waals surface area (Å²) >= 11 is 0. The van der Waals surface area contributed by atoms with Crippen molar-refractivity contribution in [3.05, 3.63) is 42.0 Å². The highest BCUT2D eigenvalue weighted by Gasteiger charge is 2.28. The number of likely N-dealkylation sites (tertiary alicyclic amines) is 1. The van der Waals surface area contributed by atoms with Crippen molar-refractivity contribution in [2.24, 2.45) is 0 Å². The predicted molar refractivity (Wildman–Crippen MR) is 98.7 cm³/mol. The quantitative estimate of drug-likeness (QED) is 0.840. The lowest BCUT2D eigenvalue weighted by atomic mass is 10.2. The van der Waals surface area contributed by atoms with Crippen molar-refractivity contribution >= 4 is 12.4 Å². The van der Waals surface area contributed by atoms with E-state index in [0.29, 0.717) is 6.04 Å². The van der Waals surface area contributed by atoms with Gasteiger partial charge in [-0.3, -0.25) is 14.8 Å². The Balaban J connectivity index is 0.00000182. The minimum atomic E-state index is 0. The Morgan fingerprint density at radius 2 is 2.04 bits per heavy atom. The monoisotopic (exact) mass is 363 g/mol. The molecule has 0 saturated carbocycles. The Morgan fingerprint density at radius 1 is 1.16 bits per heavy atom. The van der Waals surface area contributed by atoms with E-state index in [1.165, 1.54) is 19.5 Å². The molecule has 8 heteroatoms. The fourth-order valence-electron chi connectivity index (χ4n) is 3.70. The summed E-state index contributed by atoms with van der Waals surface area (Å²) in [4.78, 5) is 9.28. The molecule has 1 unspecified atom stereocenters. The van der Waals surface area contributed by atoms with E-state index in [1.54, 1.807) is 6.20 Å². The Kier molecular flexibility index (Phi) is 6.36. The van der Waals surface area contributed by atoms with Gasteiger partial charge in [0.05, 0.1) is 18.4 Å². The molecule has 2 fully saturated rings. The molecule has 0 aliphatic carbocycles. The van der Waals surface area contributed by atoms with Crippen molar-refractivity contribution in [3.8, 4) is 0 Å². The number of nitrogens with zero attached hydrogens (tertiary/aromatic N) is 6. The Morgan fingerprint density at radius 3 is 2.84 bits per heavy atom. The maximum atomic E-state index is 4.34. The standard InChI is InChI=1S/C17H25N7.ClH/c1-2-15(10-19-4-1)11-24-13-16(20-21-24)12-22-7-3-17(14-22)23-8-5-18-6-9-23;/h1-2,4,10,13,17-18H,3,5-9,11-12,14H2;1H. The number of halogens is 1. The van der Waals surface area contributed by atoms with Gasteiger partial charge in [0.2, 0.25) is 0 Å². The Bertz CT molecular complexity index is 641. The number of hydrogen-bond acceptors (Lipinski definition) is 6. The predicted octanol–water partition coefficient (Wildman–Crippen LogP) is 0.623. The van der Waals surface area contributed by atoms with Crippen LogP contribution in [0.25, 0.3) is 0 Å². The summed E-state index contributed by atoms with van der Waals surface area (Å²) in [6.45, 7) is 8.54. The van der Waals surface area contributed by atoms with E-state index in [1.807, 2.05) is 16.9 Å². The smallest absolute Gasteiger partial charge is 0.0967 e. The summed E-state index contributed by atoms with van der Waals surface area (Å²) in [5.74, 6) is 0. The molecule has 7 nitrogen and oxygen atoms in total. The van der Waals surface area contributed by atoms with Crippen LogP contribution < -0.4 is 5.32 Å². The number of hydrogen-bond donors (Lipinski definition) is 1. The van der Waals surface area contributed by atoms with E-state index in [4.69, 9.17) is 0 Å². The first-order valence-corrected chi connectivity index (χ1v) is 8.82. The molecule has 4 rings (SSSR count). The Labute approximate surface area is 154 Å². The molecule has 2 aromatic heterocycles. The molecule has 136 valence electrons. The van der Waals surface area contributed by atoms with Crippen LogP contribution in [0, 0.1) is 0 Å². The highest BCUT2D eigenvalue weighted by molar-refractivity contribution is 5.85. The van der Waals surface area contributed by atoms with Crippen molar-refractivity contribution in [2.45, 2.75) is 25.6 Å². The van der Waals surface area contributed by atoms with Gasteiger partial charge in [-0.2, -0.15) is 0 Å². The highest BCUT2D eigenvalue weighted by atomic mass is 35.5. The molecule has 0 amide bonds. The minimum Gasteiger partial charge on any atom is -0.314 e. The van der Waals surface area contributed by atoms with Crippen LogP contribution in [-0.4, -0.2) is 75.1 Å². The summed E-state index contributed by atoms with van der Waals surface area (Å²) in [5.41, 5.74) is 2.20. The van der Waals surface area contributed by atoms with Crippen LogP contribution in [0.2, 0.25) is 0 Å². The van der Waals surface area contributed by atoms with E-state index in [2.05, 4.69) is 42.7 Å². The van der Waals surface area contributed by atoms with Crippen molar-refractivity contribution in [2.75, 3.05) is 39.3 Å². The number of rotatable bonds is 5. The molecule has 0 aromatic carbocycles. The summed E-state index contributed by atoms with van der Waals surface area (Å²) in [5, 5.41) is 12.0. The third kappa shape index (κ3) is 4.76. The molecule has 0 bridgehead atoms. The molecule has 2 aromatic rings. The van der Waals surface area contributed by atoms with Crippen LogP contribution in [0.1, 0.15) is 17.7 Å². The van der Waals surface area contributed by atoms with E-state index < -0.39 is 0 Å². The van der Waals surface area contributed by atoms with Crippen LogP contribution in [0.5, 0.6) is 0 Å². The molecular weight excluding hydrogens is 338 g/mol. The van der Waals surface area contributed by atoms with Gasteiger partial charge < -0.3 is 5.32 Å². The van der Waals surface area contributed by atoms with Crippen LogP contribution in [0.4, 0.5) is 0 Å². The van der Waals surface area contributed by atoms with Crippen LogP contribution in [-0.2, 0) is 13.1 Å². The molecule has 2 saturated heterocycles. The summed E-state index contributed by atoms with van der Waals surface area (Å²) in [6.07, 6.45) is 6.99. The Hall–Kier alpha value is -1.54. The van der Waals surface area contributed by atoms with Gasteiger partial charge in [-0.1, -0.05) is 11.3 Å². The average molecular weight is 364 g/mol. The van der Waals surface area contributed by atoms with Gasteiger partial charge in [0.25, 0.3) is 0 Å². The normalized spacial score (nSPS) is 22.0. The molecule has 4 heterocycles. The van der Waals surface area contributed by atoms with Crippen molar-refractivity contribution in [3.63, 3.8) is 0 Å². The third-order valence-corrected chi connectivity index (χ3v) is 4.95. The van der Waals surface area contributed by atoms with Crippen LogP contribution in [0.15, 0.2) is 30.7 Å². The fraction of sp³-hybridized carbons (Fsp3) is 0.588. The molecule has 2 aliphatic rings. The number of piperazine rings is 1. The molecule has 2 aliphatic heterocycles. The summed E-state index contributed by atoms with van der Waals surface area (Å²) in [7, 11) is 0. The van der Waals surface area contributed by atoms with E-state index in [-0.39, 0.29) is 12.4 Å². The van der Waals surface area contributed by atoms with Crippen molar-refractivity contribution < 1.29 is 0 Å². The van der Waals surface area contributed by atoms with Crippen LogP contribution in [0.3, 0.4) is 0 Å². The second-order valence-corrected chi connectivity index (χ2v) is 6.73.